The molecule has 0 aromatic heterocycles. The van der Waals surface area contributed by atoms with E-state index < -0.39 is 22.4 Å². The molecule has 2 atom stereocenters. The minimum atomic E-state index is -3.92. The molecule has 140 valence electrons. The number of rotatable bonds is 3. The molecule has 0 aliphatic carbocycles. The highest BCUT2D eigenvalue weighted by molar-refractivity contribution is 7.90. The normalized spacial score (nSPS) is 26.8. The van der Waals surface area contributed by atoms with E-state index in [9.17, 15) is 26.8 Å². The first kappa shape index (κ1) is 17.3. The van der Waals surface area contributed by atoms with E-state index in [1.807, 2.05) is 0 Å². The molecule has 0 unspecified atom stereocenters. The maximum atomic E-state index is 12.8. The lowest BCUT2D eigenvalue weighted by Crippen LogP contribution is -2.49. The van der Waals surface area contributed by atoms with Crippen LogP contribution in [0.25, 0.3) is 0 Å². The molecule has 2 fully saturated rings. The van der Waals surface area contributed by atoms with Gasteiger partial charge in [0.25, 0.3) is 28.3 Å². The summed E-state index contributed by atoms with van der Waals surface area (Å²) in [4.78, 5) is 27.9. The van der Waals surface area contributed by atoms with E-state index >= 15 is 0 Å². The van der Waals surface area contributed by atoms with Gasteiger partial charge in [0.05, 0.1) is 12.1 Å². The van der Waals surface area contributed by atoms with Gasteiger partial charge in [0.15, 0.2) is 0 Å². The van der Waals surface area contributed by atoms with Gasteiger partial charge in [-0.15, -0.1) is 0 Å². The number of piperazine rings is 1. The van der Waals surface area contributed by atoms with Gasteiger partial charge >= 0.3 is 0 Å². The standard InChI is InChI=1S/C16H17F2N3O4S/c1-19-16(23)12-3-2-9(4-13(12)26(19,24)25)15(22)21-7-10-5-11(21)6-20(10)8-14(17)18/h2-4,10-11,14H,5-8H2,1H3/t10-,11-/m0/s1. The summed E-state index contributed by atoms with van der Waals surface area (Å²) in [6.45, 7) is 0.443. The third kappa shape index (κ3) is 2.43. The summed E-state index contributed by atoms with van der Waals surface area (Å²) in [5.74, 6) is -0.962. The fourth-order valence-corrected chi connectivity index (χ4v) is 5.36. The molecule has 3 heterocycles. The molecule has 26 heavy (non-hydrogen) atoms. The van der Waals surface area contributed by atoms with Gasteiger partial charge in [-0.1, -0.05) is 0 Å². The van der Waals surface area contributed by atoms with Crippen molar-refractivity contribution in [1.29, 1.82) is 0 Å². The number of fused-ring (bicyclic) bond motifs is 3. The molecule has 0 saturated carbocycles. The summed E-state index contributed by atoms with van der Waals surface area (Å²) in [7, 11) is -2.75. The van der Waals surface area contributed by atoms with Crippen LogP contribution in [0.5, 0.6) is 0 Å². The Labute approximate surface area is 149 Å². The Bertz CT molecular complexity index is 905. The Kier molecular flexibility index (Phi) is 3.81. The molecule has 2 saturated heterocycles. The van der Waals surface area contributed by atoms with Crippen molar-refractivity contribution in [3.63, 3.8) is 0 Å². The maximum absolute atomic E-state index is 12.8. The van der Waals surface area contributed by atoms with Crippen LogP contribution in [0.4, 0.5) is 8.78 Å². The van der Waals surface area contributed by atoms with Gasteiger partial charge in [0.2, 0.25) is 0 Å². The second kappa shape index (κ2) is 5.71. The van der Waals surface area contributed by atoms with E-state index in [0.717, 1.165) is 0 Å². The Morgan fingerprint density at radius 3 is 2.62 bits per heavy atom. The van der Waals surface area contributed by atoms with Gasteiger partial charge in [-0.3, -0.25) is 14.5 Å². The average molecular weight is 385 g/mol. The Balaban J connectivity index is 1.57. The summed E-state index contributed by atoms with van der Waals surface area (Å²) in [6, 6.07) is 3.78. The monoisotopic (exact) mass is 385 g/mol. The van der Waals surface area contributed by atoms with E-state index in [-0.39, 0.29) is 40.6 Å². The lowest BCUT2D eigenvalue weighted by molar-refractivity contribution is 0.0442. The lowest BCUT2D eigenvalue weighted by atomic mass is 10.1. The Morgan fingerprint density at radius 2 is 2.00 bits per heavy atom. The molecular formula is C16H17F2N3O4S. The third-order valence-corrected chi connectivity index (χ3v) is 7.15. The highest BCUT2D eigenvalue weighted by atomic mass is 32.2. The summed E-state index contributed by atoms with van der Waals surface area (Å²) < 4.78 is 50.4. The predicted octanol–water partition coefficient (Wildman–Crippen LogP) is 0.625. The van der Waals surface area contributed by atoms with Crippen LogP contribution in [0.15, 0.2) is 23.1 Å². The van der Waals surface area contributed by atoms with Gasteiger partial charge in [0.1, 0.15) is 4.90 Å². The molecule has 4 rings (SSSR count). The van der Waals surface area contributed by atoms with E-state index in [1.54, 1.807) is 9.80 Å². The third-order valence-electron chi connectivity index (χ3n) is 5.37. The largest absolute Gasteiger partial charge is 0.333 e. The molecule has 0 N–H and O–H groups in total. The van der Waals surface area contributed by atoms with E-state index in [2.05, 4.69) is 0 Å². The minimum Gasteiger partial charge on any atom is -0.333 e. The number of amides is 2. The van der Waals surface area contributed by atoms with Gasteiger partial charge < -0.3 is 4.90 Å². The lowest BCUT2D eigenvalue weighted by Gasteiger charge is -2.34. The summed E-state index contributed by atoms with van der Waals surface area (Å²) in [5, 5.41) is 0. The van der Waals surface area contributed by atoms with Crippen molar-refractivity contribution in [1.82, 2.24) is 14.1 Å². The quantitative estimate of drug-likeness (QED) is 0.763. The number of benzene rings is 1. The van der Waals surface area contributed by atoms with Crippen molar-refractivity contribution < 1.29 is 26.8 Å². The number of nitrogens with zero attached hydrogens (tertiary/aromatic N) is 3. The van der Waals surface area contributed by atoms with Crippen molar-refractivity contribution in [2.45, 2.75) is 29.8 Å². The van der Waals surface area contributed by atoms with Gasteiger partial charge in [-0.2, -0.15) is 0 Å². The molecule has 1 aromatic rings. The van der Waals surface area contributed by atoms with Crippen LogP contribution in [-0.4, -0.2) is 79.5 Å². The van der Waals surface area contributed by atoms with Crippen LogP contribution in [0.2, 0.25) is 0 Å². The zero-order valence-electron chi connectivity index (χ0n) is 13.9. The first-order valence-corrected chi connectivity index (χ1v) is 9.64. The molecule has 2 bridgehead atoms. The average Bonchev–Trinajstić information content (AvgIpc) is 3.22. The summed E-state index contributed by atoms with van der Waals surface area (Å²) >= 11 is 0. The Morgan fingerprint density at radius 1 is 1.27 bits per heavy atom. The molecule has 3 aliphatic rings. The van der Waals surface area contributed by atoms with Gasteiger partial charge in [0, 0.05) is 37.8 Å². The molecule has 0 radical (unpaired) electrons. The number of halogens is 2. The van der Waals surface area contributed by atoms with Crippen molar-refractivity contribution in [3.05, 3.63) is 29.3 Å². The second-order valence-corrected chi connectivity index (χ2v) is 8.77. The maximum Gasteiger partial charge on any atom is 0.268 e. The first-order valence-electron chi connectivity index (χ1n) is 8.20. The van der Waals surface area contributed by atoms with Crippen LogP contribution >= 0.6 is 0 Å². The van der Waals surface area contributed by atoms with Gasteiger partial charge in [-0.05, 0) is 24.6 Å². The molecule has 2 amide bonds. The number of carbonyl (C=O) groups is 2. The molecule has 3 aliphatic heterocycles. The second-order valence-electron chi connectivity index (χ2n) is 6.83. The van der Waals surface area contributed by atoms with Crippen LogP contribution in [0, 0.1) is 0 Å². The Hall–Kier alpha value is -2.07. The molecule has 1 aromatic carbocycles. The zero-order chi connectivity index (χ0) is 18.8. The van der Waals surface area contributed by atoms with Gasteiger partial charge in [-0.25, -0.2) is 21.5 Å². The van der Waals surface area contributed by atoms with Crippen LogP contribution < -0.4 is 0 Å². The van der Waals surface area contributed by atoms with Crippen LogP contribution in [-0.2, 0) is 10.0 Å². The fourth-order valence-electron chi connectivity index (χ4n) is 4.04. The minimum absolute atomic E-state index is 0.0510. The SMILES string of the molecule is CN1C(=O)c2ccc(C(=O)N3C[C@@H]4C[C@H]3CN4CC(F)F)cc2S1(=O)=O. The van der Waals surface area contributed by atoms with E-state index in [1.165, 1.54) is 25.2 Å². The number of carbonyl (C=O) groups excluding carboxylic acids is 2. The number of alkyl halides is 2. The highest BCUT2D eigenvalue weighted by Crippen LogP contribution is 2.34. The van der Waals surface area contributed by atoms with E-state index in [0.29, 0.717) is 23.8 Å². The number of hydrogen-bond donors (Lipinski definition) is 0. The topological polar surface area (TPSA) is 78.0 Å². The van der Waals surface area contributed by atoms with Crippen molar-refractivity contribution >= 4 is 21.8 Å². The number of likely N-dealkylation sites (tertiary alicyclic amines) is 2. The van der Waals surface area contributed by atoms with Crippen LogP contribution in [0.3, 0.4) is 0 Å². The van der Waals surface area contributed by atoms with Crippen LogP contribution in [0.1, 0.15) is 27.1 Å². The molecular weight excluding hydrogens is 368 g/mol. The molecule has 10 heteroatoms. The summed E-state index contributed by atoms with van der Waals surface area (Å²) in [6.07, 6.45) is -1.77. The fraction of sp³-hybridized carbons (Fsp3) is 0.500. The predicted molar refractivity (Wildman–Crippen MR) is 86.5 cm³/mol. The van der Waals surface area contributed by atoms with Crippen molar-refractivity contribution in [2.24, 2.45) is 0 Å². The smallest absolute Gasteiger partial charge is 0.268 e. The summed E-state index contributed by atoms with van der Waals surface area (Å²) in [5.41, 5.74) is 0.235. The first-order chi connectivity index (χ1) is 12.2. The van der Waals surface area contributed by atoms with Crippen molar-refractivity contribution in [3.8, 4) is 0 Å². The number of hydrogen-bond acceptors (Lipinski definition) is 5. The molecule has 0 spiro atoms. The van der Waals surface area contributed by atoms with E-state index in [4.69, 9.17) is 0 Å². The zero-order valence-corrected chi connectivity index (χ0v) is 14.7. The highest BCUT2D eigenvalue weighted by Gasteiger charge is 2.46. The number of sulfonamides is 1. The van der Waals surface area contributed by atoms with Crippen molar-refractivity contribution in [2.75, 3.05) is 26.7 Å². The molecule has 7 nitrogen and oxygen atoms in total.